The minimum atomic E-state index is -0.621. The molecule has 0 amide bonds. The molecule has 0 N–H and O–H groups in total. The van der Waals surface area contributed by atoms with Crippen LogP contribution in [-0.2, 0) is 9.47 Å². The second-order valence-corrected chi connectivity index (χ2v) is 3.39. The predicted octanol–water partition coefficient (Wildman–Crippen LogP) is 2.51. The van der Waals surface area contributed by atoms with E-state index in [1.807, 2.05) is 0 Å². The van der Waals surface area contributed by atoms with Crippen LogP contribution in [0.3, 0.4) is 0 Å². The Hall–Kier alpha value is -0.990. The van der Waals surface area contributed by atoms with E-state index in [-0.39, 0.29) is 0 Å². The van der Waals surface area contributed by atoms with E-state index in [1.54, 1.807) is 26.8 Å². The van der Waals surface area contributed by atoms with Gasteiger partial charge in [0.05, 0.1) is 6.61 Å². The molecule has 0 fully saturated rings. The number of carbonyl (C=O) groups is 1. The Morgan fingerprint density at radius 3 is 2.50 bits per heavy atom. The van der Waals surface area contributed by atoms with Crippen molar-refractivity contribution in [2.24, 2.45) is 0 Å². The predicted molar refractivity (Wildman–Crippen MR) is 47.0 cm³/mol. The molecule has 0 aliphatic heterocycles. The van der Waals surface area contributed by atoms with Crippen molar-refractivity contribution < 1.29 is 14.3 Å². The van der Waals surface area contributed by atoms with E-state index < -0.39 is 11.8 Å². The second-order valence-electron chi connectivity index (χ2n) is 3.39. The number of ether oxygens (including phenoxy) is 2. The molecule has 12 heavy (non-hydrogen) atoms. The lowest BCUT2D eigenvalue weighted by atomic mass is 10.2. The summed E-state index contributed by atoms with van der Waals surface area (Å²) in [6.45, 7) is 9.21. The maximum Gasteiger partial charge on any atom is 0.508 e. The first-order valence-corrected chi connectivity index (χ1v) is 3.92. The van der Waals surface area contributed by atoms with Crippen molar-refractivity contribution >= 4 is 6.16 Å². The Morgan fingerprint density at radius 1 is 1.50 bits per heavy atom. The van der Waals surface area contributed by atoms with Gasteiger partial charge in [-0.05, 0) is 27.2 Å². The summed E-state index contributed by atoms with van der Waals surface area (Å²) in [4.78, 5) is 10.9. The van der Waals surface area contributed by atoms with Crippen molar-refractivity contribution in [1.29, 1.82) is 0 Å². The summed E-state index contributed by atoms with van der Waals surface area (Å²) in [5.41, 5.74) is -0.481. The lowest BCUT2D eigenvalue weighted by Gasteiger charge is -2.18. The normalized spacial score (nSPS) is 10.6. The SMILES string of the molecule is C=CCCOC(=O)OC(C)(C)C. The Morgan fingerprint density at radius 2 is 2.08 bits per heavy atom. The molecule has 0 radical (unpaired) electrons. The molecule has 0 saturated carbocycles. The third-order valence-corrected chi connectivity index (χ3v) is 0.931. The maximum absolute atomic E-state index is 10.9. The van der Waals surface area contributed by atoms with E-state index in [2.05, 4.69) is 6.58 Å². The van der Waals surface area contributed by atoms with Crippen molar-refractivity contribution in [2.75, 3.05) is 6.61 Å². The molecule has 0 bridgehead atoms. The van der Waals surface area contributed by atoms with Crippen LogP contribution in [0.4, 0.5) is 4.79 Å². The lowest BCUT2D eigenvalue weighted by molar-refractivity contribution is -0.00637. The van der Waals surface area contributed by atoms with Crippen molar-refractivity contribution in [3.05, 3.63) is 12.7 Å². The van der Waals surface area contributed by atoms with E-state index in [9.17, 15) is 4.79 Å². The van der Waals surface area contributed by atoms with Crippen molar-refractivity contribution in [2.45, 2.75) is 32.8 Å². The highest BCUT2D eigenvalue weighted by Crippen LogP contribution is 2.07. The number of hydrogen-bond donors (Lipinski definition) is 0. The van der Waals surface area contributed by atoms with Gasteiger partial charge in [-0.2, -0.15) is 0 Å². The fourth-order valence-corrected chi connectivity index (χ4v) is 0.505. The zero-order valence-electron chi connectivity index (χ0n) is 7.92. The highest BCUT2D eigenvalue weighted by Gasteiger charge is 2.16. The van der Waals surface area contributed by atoms with Crippen LogP contribution in [-0.4, -0.2) is 18.4 Å². The van der Waals surface area contributed by atoms with Gasteiger partial charge in [0.25, 0.3) is 0 Å². The Labute approximate surface area is 73.4 Å². The zero-order chi connectivity index (χ0) is 9.61. The van der Waals surface area contributed by atoms with Crippen LogP contribution >= 0.6 is 0 Å². The zero-order valence-corrected chi connectivity index (χ0v) is 7.92. The third-order valence-electron chi connectivity index (χ3n) is 0.931. The van der Waals surface area contributed by atoms with Crippen molar-refractivity contribution in [3.63, 3.8) is 0 Å². The van der Waals surface area contributed by atoms with Gasteiger partial charge in [-0.1, -0.05) is 6.08 Å². The summed E-state index contributed by atoms with van der Waals surface area (Å²) >= 11 is 0. The van der Waals surface area contributed by atoms with Crippen molar-refractivity contribution in [1.82, 2.24) is 0 Å². The van der Waals surface area contributed by atoms with E-state index in [0.29, 0.717) is 13.0 Å². The molecule has 3 nitrogen and oxygen atoms in total. The summed E-state index contributed by atoms with van der Waals surface area (Å²) in [6, 6.07) is 0. The monoisotopic (exact) mass is 172 g/mol. The minimum absolute atomic E-state index is 0.332. The molecule has 0 saturated heterocycles. The average molecular weight is 172 g/mol. The summed E-state index contributed by atoms with van der Waals surface area (Å²) < 4.78 is 9.61. The van der Waals surface area contributed by atoms with Gasteiger partial charge in [-0.25, -0.2) is 4.79 Å². The van der Waals surface area contributed by atoms with Gasteiger partial charge in [0.15, 0.2) is 0 Å². The number of hydrogen-bond acceptors (Lipinski definition) is 3. The quantitative estimate of drug-likeness (QED) is 0.373. The number of carbonyl (C=O) groups excluding carboxylic acids is 1. The van der Waals surface area contributed by atoms with Crippen LogP contribution in [0.15, 0.2) is 12.7 Å². The number of rotatable bonds is 3. The molecule has 3 heteroatoms. The van der Waals surface area contributed by atoms with Gasteiger partial charge >= 0.3 is 6.16 Å². The van der Waals surface area contributed by atoms with Crippen LogP contribution < -0.4 is 0 Å². The molecule has 0 rings (SSSR count). The third kappa shape index (κ3) is 7.12. The molecule has 0 atom stereocenters. The highest BCUT2D eigenvalue weighted by molar-refractivity contribution is 5.60. The van der Waals surface area contributed by atoms with Gasteiger partial charge in [-0.15, -0.1) is 6.58 Å². The molecule has 0 spiro atoms. The molecule has 0 aromatic heterocycles. The Kier molecular flexibility index (Phi) is 4.40. The van der Waals surface area contributed by atoms with Gasteiger partial charge in [0.1, 0.15) is 5.60 Å². The molecule has 0 aromatic rings. The van der Waals surface area contributed by atoms with Crippen LogP contribution in [0.2, 0.25) is 0 Å². The molecule has 0 aliphatic carbocycles. The average Bonchev–Trinajstić information content (AvgIpc) is 1.84. The van der Waals surface area contributed by atoms with E-state index in [4.69, 9.17) is 9.47 Å². The fraction of sp³-hybridized carbons (Fsp3) is 0.667. The van der Waals surface area contributed by atoms with Gasteiger partial charge in [-0.3, -0.25) is 0 Å². The molecule has 0 aromatic carbocycles. The summed E-state index contributed by atoms with van der Waals surface area (Å²) in [6.07, 6.45) is 1.72. The highest BCUT2D eigenvalue weighted by atomic mass is 16.7. The van der Waals surface area contributed by atoms with Gasteiger partial charge in [0, 0.05) is 0 Å². The fourth-order valence-electron chi connectivity index (χ4n) is 0.505. The van der Waals surface area contributed by atoms with Gasteiger partial charge in [0.2, 0.25) is 0 Å². The van der Waals surface area contributed by atoms with Crippen molar-refractivity contribution in [3.8, 4) is 0 Å². The molecule has 70 valence electrons. The first-order valence-electron chi connectivity index (χ1n) is 3.92. The molecule has 0 unspecified atom stereocenters. The Bertz CT molecular complexity index is 156. The maximum atomic E-state index is 10.9. The van der Waals surface area contributed by atoms with Crippen LogP contribution in [0.1, 0.15) is 27.2 Å². The van der Waals surface area contributed by atoms with E-state index in [1.165, 1.54) is 0 Å². The summed E-state index contributed by atoms with van der Waals surface area (Å²) in [5.74, 6) is 0. The first-order chi connectivity index (χ1) is 5.45. The van der Waals surface area contributed by atoms with Crippen LogP contribution in [0, 0.1) is 0 Å². The molecular formula is C9H16O3. The Balaban J connectivity index is 3.53. The second kappa shape index (κ2) is 4.80. The first kappa shape index (κ1) is 11.0. The minimum Gasteiger partial charge on any atom is -0.434 e. The largest absolute Gasteiger partial charge is 0.508 e. The molecule has 0 heterocycles. The summed E-state index contributed by atoms with van der Waals surface area (Å²) in [7, 11) is 0. The van der Waals surface area contributed by atoms with E-state index >= 15 is 0 Å². The standard InChI is InChI=1S/C9H16O3/c1-5-6-7-11-8(10)12-9(2,3)4/h5H,1,6-7H2,2-4H3. The smallest absolute Gasteiger partial charge is 0.434 e. The van der Waals surface area contributed by atoms with Crippen LogP contribution in [0.5, 0.6) is 0 Å². The van der Waals surface area contributed by atoms with Crippen LogP contribution in [0.25, 0.3) is 0 Å². The van der Waals surface area contributed by atoms with Gasteiger partial charge < -0.3 is 9.47 Å². The molecular weight excluding hydrogens is 156 g/mol. The summed E-state index contributed by atoms with van der Waals surface area (Å²) in [5, 5.41) is 0. The topological polar surface area (TPSA) is 35.5 Å². The lowest BCUT2D eigenvalue weighted by Crippen LogP contribution is -2.24. The molecule has 0 aliphatic rings. The van der Waals surface area contributed by atoms with E-state index in [0.717, 1.165) is 0 Å².